The first-order valence-electron chi connectivity index (χ1n) is 11.6. The molecule has 0 saturated carbocycles. The fraction of sp³-hybridized carbons (Fsp3) is 0.947. The number of hydrogen-bond acceptors (Lipinski definition) is 14. The SMILES string of the molecule is CCC(O)OCC[Si](C)(OC)O[Si](CCOC(O)COC=O)(OC)O[Si](CCOC1CO1)(OC)OC. The normalized spacial score (nSPS) is 20.8. The van der Waals surface area contributed by atoms with Gasteiger partial charge in [-0.1, -0.05) is 6.92 Å². The summed E-state index contributed by atoms with van der Waals surface area (Å²) < 4.78 is 62.0. The van der Waals surface area contributed by atoms with Crippen LogP contribution in [0.25, 0.3) is 0 Å². The Morgan fingerprint density at radius 3 is 2.00 bits per heavy atom. The van der Waals surface area contributed by atoms with E-state index in [2.05, 4.69) is 4.74 Å². The van der Waals surface area contributed by atoms with E-state index in [1.54, 1.807) is 6.92 Å². The summed E-state index contributed by atoms with van der Waals surface area (Å²) in [6.45, 7) is 4.47. The number of rotatable bonds is 24. The van der Waals surface area contributed by atoms with Crippen LogP contribution in [0.3, 0.4) is 0 Å². The van der Waals surface area contributed by atoms with Gasteiger partial charge in [-0.15, -0.1) is 0 Å². The van der Waals surface area contributed by atoms with Crippen molar-refractivity contribution in [3.63, 3.8) is 0 Å². The summed E-state index contributed by atoms with van der Waals surface area (Å²) in [5, 5.41) is 19.6. The second kappa shape index (κ2) is 17.3. The molecule has 1 fully saturated rings. The van der Waals surface area contributed by atoms with Crippen LogP contribution in [-0.4, -0.2) is 123 Å². The van der Waals surface area contributed by atoms with E-state index in [0.29, 0.717) is 25.1 Å². The number of aliphatic hydroxyl groups is 2. The van der Waals surface area contributed by atoms with E-state index >= 15 is 0 Å². The minimum Gasteiger partial charge on any atom is -0.462 e. The van der Waals surface area contributed by atoms with Crippen molar-refractivity contribution in [1.82, 2.24) is 0 Å². The smallest absolute Gasteiger partial charge is 0.462 e. The molecule has 1 heterocycles. The molecule has 0 radical (unpaired) electrons. The van der Waals surface area contributed by atoms with Crippen molar-refractivity contribution in [2.24, 2.45) is 0 Å². The van der Waals surface area contributed by atoms with E-state index in [9.17, 15) is 15.0 Å². The molecular weight excluding hydrogens is 536 g/mol. The molecule has 1 aliphatic heterocycles. The predicted octanol–water partition coefficient (Wildman–Crippen LogP) is 0.181. The van der Waals surface area contributed by atoms with Gasteiger partial charge in [-0.25, -0.2) is 0 Å². The van der Waals surface area contributed by atoms with Crippen molar-refractivity contribution in [2.75, 3.05) is 61.5 Å². The maximum atomic E-state index is 10.4. The number of aliphatic hydroxyl groups excluding tert-OH is 2. The highest BCUT2D eigenvalue weighted by Gasteiger charge is 2.56. The maximum absolute atomic E-state index is 10.4. The molecule has 1 aliphatic rings. The van der Waals surface area contributed by atoms with Gasteiger partial charge in [-0.3, -0.25) is 4.79 Å². The Hall–Kier alpha value is -0.359. The average molecular weight is 579 g/mol. The minimum atomic E-state index is -3.65. The maximum Gasteiger partial charge on any atom is 0.495 e. The number of ether oxygens (including phenoxy) is 5. The Balaban J connectivity index is 3.04. The summed E-state index contributed by atoms with van der Waals surface area (Å²) >= 11 is 0. The van der Waals surface area contributed by atoms with E-state index in [1.807, 2.05) is 6.55 Å². The summed E-state index contributed by atoms with van der Waals surface area (Å²) in [5.74, 6) is 0. The van der Waals surface area contributed by atoms with Gasteiger partial charge in [0.1, 0.15) is 13.2 Å². The zero-order valence-electron chi connectivity index (χ0n) is 22.0. The van der Waals surface area contributed by atoms with Crippen LogP contribution >= 0.6 is 0 Å². The topological polar surface area (TPSA) is 162 Å². The molecule has 2 N–H and O–H groups in total. The molecule has 0 spiro atoms. The molecule has 36 heavy (non-hydrogen) atoms. The van der Waals surface area contributed by atoms with Crippen LogP contribution in [0.1, 0.15) is 13.3 Å². The van der Waals surface area contributed by atoms with Crippen LogP contribution in [0.4, 0.5) is 0 Å². The molecule has 0 aromatic carbocycles. The first-order valence-corrected chi connectivity index (χ1v) is 18.0. The van der Waals surface area contributed by atoms with E-state index in [-0.39, 0.29) is 45.2 Å². The van der Waals surface area contributed by atoms with Gasteiger partial charge >= 0.3 is 26.2 Å². The first kappa shape index (κ1) is 33.7. The summed E-state index contributed by atoms with van der Waals surface area (Å²) in [7, 11) is -4.08. The van der Waals surface area contributed by atoms with Gasteiger partial charge < -0.3 is 59.8 Å². The van der Waals surface area contributed by atoms with Crippen molar-refractivity contribution in [3.8, 4) is 0 Å². The summed E-state index contributed by atoms with van der Waals surface area (Å²) in [6, 6.07) is 0.768. The van der Waals surface area contributed by atoms with Crippen LogP contribution in [0.15, 0.2) is 0 Å². The van der Waals surface area contributed by atoms with Gasteiger partial charge in [0.25, 0.3) is 6.47 Å². The lowest BCUT2D eigenvalue weighted by molar-refractivity contribution is -0.153. The van der Waals surface area contributed by atoms with Crippen molar-refractivity contribution in [3.05, 3.63) is 0 Å². The molecule has 17 heteroatoms. The van der Waals surface area contributed by atoms with Crippen LogP contribution < -0.4 is 0 Å². The van der Waals surface area contributed by atoms with E-state index in [4.69, 9.17) is 44.9 Å². The van der Waals surface area contributed by atoms with Gasteiger partial charge in [0.2, 0.25) is 0 Å². The number of hydrogen-bond donors (Lipinski definition) is 2. The highest BCUT2D eigenvalue weighted by molar-refractivity contribution is 6.82. The zero-order valence-corrected chi connectivity index (χ0v) is 25.0. The molecule has 0 aliphatic carbocycles. The Morgan fingerprint density at radius 1 is 0.889 bits per heavy atom. The largest absolute Gasteiger partial charge is 0.495 e. The van der Waals surface area contributed by atoms with Crippen LogP contribution in [0.2, 0.25) is 24.7 Å². The first-order chi connectivity index (χ1) is 17.1. The fourth-order valence-electron chi connectivity index (χ4n) is 2.93. The summed E-state index contributed by atoms with van der Waals surface area (Å²) in [6.07, 6.45) is -2.02. The van der Waals surface area contributed by atoms with Crippen molar-refractivity contribution < 1.29 is 64.6 Å². The molecule has 5 unspecified atom stereocenters. The van der Waals surface area contributed by atoms with Gasteiger partial charge in [0.15, 0.2) is 18.9 Å². The second-order valence-corrected chi connectivity index (χ2v) is 17.7. The molecule has 5 atom stereocenters. The average Bonchev–Trinajstić information content (AvgIpc) is 3.71. The summed E-state index contributed by atoms with van der Waals surface area (Å²) in [4.78, 5) is 10.4. The van der Waals surface area contributed by atoms with E-state index < -0.39 is 38.7 Å². The Kier molecular flexibility index (Phi) is 16.2. The molecule has 214 valence electrons. The van der Waals surface area contributed by atoms with Crippen molar-refractivity contribution in [2.45, 2.75) is 56.9 Å². The molecular formula is C19H42O14Si3. The highest BCUT2D eigenvalue weighted by Crippen LogP contribution is 2.30. The number of carbonyl (C=O) groups excluding carboxylic acids is 1. The Bertz CT molecular complexity index is 600. The van der Waals surface area contributed by atoms with Crippen LogP contribution in [-0.2, 0) is 54.4 Å². The second-order valence-electron chi connectivity index (χ2n) is 7.89. The van der Waals surface area contributed by atoms with E-state index in [0.717, 1.165) is 0 Å². The lowest BCUT2D eigenvalue weighted by Gasteiger charge is -2.40. The lowest BCUT2D eigenvalue weighted by atomic mass is 10.5. The standard InChI is InChI=1S/C19H42O14Si3/c1-7-17(21)28-8-11-34(6,23-2)32-36(26-5,13-9-29-18(22)14-27-16-20)33-35(24-3,25-4)12-10-30-19-15-31-19/h16-19,21-22H,7-15H2,1-6H3. The molecule has 0 bridgehead atoms. The van der Waals surface area contributed by atoms with Crippen LogP contribution in [0.5, 0.6) is 0 Å². The van der Waals surface area contributed by atoms with Gasteiger partial charge in [0, 0.05) is 46.6 Å². The zero-order chi connectivity index (χ0) is 27.1. The molecule has 0 aromatic rings. The quantitative estimate of drug-likeness (QED) is 0.0690. The van der Waals surface area contributed by atoms with Crippen molar-refractivity contribution >= 4 is 32.6 Å². The van der Waals surface area contributed by atoms with E-state index in [1.165, 1.54) is 28.4 Å². The fourth-order valence-corrected chi connectivity index (χ4v) is 13.5. The number of carbonyl (C=O) groups is 1. The minimum absolute atomic E-state index is 0.0486. The molecule has 1 saturated heterocycles. The van der Waals surface area contributed by atoms with Gasteiger partial charge in [0.05, 0.1) is 19.8 Å². The monoisotopic (exact) mass is 578 g/mol. The lowest BCUT2D eigenvalue weighted by Crippen LogP contribution is -2.62. The molecule has 1 rings (SSSR count). The molecule has 0 aromatic heterocycles. The molecule has 14 nitrogen and oxygen atoms in total. The summed E-state index contributed by atoms with van der Waals surface area (Å²) in [5.41, 5.74) is 0. The third-order valence-corrected chi connectivity index (χ3v) is 16.2. The Morgan fingerprint density at radius 2 is 1.47 bits per heavy atom. The van der Waals surface area contributed by atoms with Gasteiger partial charge in [-0.05, 0) is 13.0 Å². The third kappa shape index (κ3) is 12.5. The van der Waals surface area contributed by atoms with Crippen molar-refractivity contribution in [1.29, 1.82) is 0 Å². The third-order valence-electron chi connectivity index (χ3n) is 5.30. The predicted molar refractivity (Wildman–Crippen MR) is 130 cm³/mol. The Labute approximate surface area is 215 Å². The number of epoxide rings is 1. The van der Waals surface area contributed by atoms with Gasteiger partial charge in [-0.2, -0.15) is 0 Å². The van der Waals surface area contributed by atoms with Crippen LogP contribution in [0, 0.1) is 0 Å². The highest BCUT2D eigenvalue weighted by atomic mass is 28.5. The molecule has 0 amide bonds.